The summed E-state index contributed by atoms with van der Waals surface area (Å²) in [5.74, 6) is -4.17. The first kappa shape index (κ1) is 23.5. The van der Waals surface area contributed by atoms with E-state index in [1.54, 1.807) is 12.1 Å². The molecule has 33 heavy (non-hydrogen) atoms. The van der Waals surface area contributed by atoms with Crippen molar-refractivity contribution in [3.8, 4) is 22.3 Å². The summed E-state index contributed by atoms with van der Waals surface area (Å²) in [5, 5.41) is 0. The van der Waals surface area contributed by atoms with Crippen LogP contribution in [-0.4, -0.2) is 0 Å². The standard InChI is InChI=1S/C29H30F4/c1-3-5-6-7-8-10-18-11-13-19(14-12-18)23-17-22-16-21-15-20(9-4-2)26(30)28(32)24(21)25(22)29(33)27(23)31/h11-15,17H,3-10,16H2,1-2H3. The Kier molecular flexibility index (Phi) is 7.21. The monoisotopic (exact) mass is 454 g/mol. The van der Waals surface area contributed by atoms with Crippen molar-refractivity contribution in [3.05, 3.63) is 81.9 Å². The van der Waals surface area contributed by atoms with Gasteiger partial charge in [-0.05, 0) is 59.6 Å². The zero-order valence-electron chi connectivity index (χ0n) is 19.3. The fourth-order valence-corrected chi connectivity index (χ4v) is 4.89. The number of hydrogen-bond donors (Lipinski definition) is 0. The maximum atomic E-state index is 15.2. The molecule has 4 heteroatoms. The molecule has 3 aromatic carbocycles. The van der Waals surface area contributed by atoms with Crippen LogP contribution in [0.25, 0.3) is 22.3 Å². The van der Waals surface area contributed by atoms with Gasteiger partial charge in [-0.2, -0.15) is 0 Å². The summed E-state index contributed by atoms with van der Waals surface area (Å²) in [5.41, 5.74) is 2.92. The Balaban J connectivity index is 1.62. The lowest BCUT2D eigenvalue weighted by molar-refractivity contribution is 0.495. The van der Waals surface area contributed by atoms with E-state index in [1.807, 2.05) is 31.2 Å². The van der Waals surface area contributed by atoms with Crippen molar-refractivity contribution < 1.29 is 17.6 Å². The highest BCUT2D eigenvalue weighted by molar-refractivity contribution is 5.82. The van der Waals surface area contributed by atoms with E-state index in [0.717, 1.165) is 12.8 Å². The van der Waals surface area contributed by atoms with Gasteiger partial charge in [0.2, 0.25) is 0 Å². The van der Waals surface area contributed by atoms with Gasteiger partial charge in [0.05, 0.1) is 0 Å². The van der Waals surface area contributed by atoms with Gasteiger partial charge in [0.15, 0.2) is 23.3 Å². The van der Waals surface area contributed by atoms with Crippen molar-refractivity contribution in [3.63, 3.8) is 0 Å². The minimum atomic E-state index is -1.11. The lowest BCUT2D eigenvalue weighted by Crippen LogP contribution is -2.00. The summed E-state index contributed by atoms with van der Waals surface area (Å²) in [6, 6.07) is 10.7. The van der Waals surface area contributed by atoms with E-state index in [4.69, 9.17) is 0 Å². The number of hydrogen-bond acceptors (Lipinski definition) is 0. The Hall–Kier alpha value is -2.62. The quantitative estimate of drug-likeness (QED) is 0.175. The lowest BCUT2D eigenvalue weighted by atomic mass is 9.95. The summed E-state index contributed by atoms with van der Waals surface area (Å²) in [7, 11) is 0. The van der Waals surface area contributed by atoms with Crippen LogP contribution in [0.3, 0.4) is 0 Å². The SMILES string of the molecule is CCCCCCCc1ccc(-c2cc3c(c(F)c2F)-c2c(cc(CCC)c(F)c2F)C3)cc1. The van der Waals surface area contributed by atoms with E-state index in [0.29, 0.717) is 29.5 Å². The Bertz CT molecular complexity index is 1150. The highest BCUT2D eigenvalue weighted by Gasteiger charge is 2.32. The molecular weight excluding hydrogens is 424 g/mol. The molecule has 0 nitrogen and oxygen atoms in total. The van der Waals surface area contributed by atoms with E-state index in [2.05, 4.69) is 6.92 Å². The molecule has 0 bridgehead atoms. The maximum Gasteiger partial charge on any atom is 0.167 e. The Morgan fingerprint density at radius 1 is 0.636 bits per heavy atom. The zero-order valence-corrected chi connectivity index (χ0v) is 19.3. The molecule has 0 unspecified atom stereocenters. The van der Waals surface area contributed by atoms with Crippen LogP contribution < -0.4 is 0 Å². The van der Waals surface area contributed by atoms with Gasteiger partial charge in [0.25, 0.3) is 0 Å². The molecule has 1 aliphatic carbocycles. The molecule has 0 aliphatic heterocycles. The van der Waals surface area contributed by atoms with Crippen LogP contribution in [0.15, 0.2) is 36.4 Å². The highest BCUT2D eigenvalue weighted by Crippen LogP contribution is 2.44. The van der Waals surface area contributed by atoms with Gasteiger partial charge in [0.1, 0.15) is 0 Å². The summed E-state index contributed by atoms with van der Waals surface area (Å²) < 4.78 is 59.6. The van der Waals surface area contributed by atoms with Crippen LogP contribution in [0.5, 0.6) is 0 Å². The van der Waals surface area contributed by atoms with Gasteiger partial charge < -0.3 is 0 Å². The van der Waals surface area contributed by atoms with Gasteiger partial charge in [-0.3, -0.25) is 0 Å². The minimum Gasteiger partial charge on any atom is -0.203 e. The number of benzene rings is 3. The smallest absolute Gasteiger partial charge is 0.167 e. The molecule has 0 aromatic heterocycles. The predicted molar refractivity (Wildman–Crippen MR) is 126 cm³/mol. The van der Waals surface area contributed by atoms with Crippen molar-refractivity contribution in [1.29, 1.82) is 0 Å². The molecule has 1 aliphatic rings. The second-order valence-corrected chi connectivity index (χ2v) is 9.07. The van der Waals surface area contributed by atoms with E-state index in [9.17, 15) is 8.78 Å². The van der Waals surface area contributed by atoms with Gasteiger partial charge in [-0.1, -0.05) is 76.3 Å². The number of halogens is 4. The molecule has 0 saturated heterocycles. The first-order valence-electron chi connectivity index (χ1n) is 12.1. The van der Waals surface area contributed by atoms with E-state index in [1.165, 1.54) is 31.2 Å². The van der Waals surface area contributed by atoms with E-state index >= 15 is 8.78 Å². The third-order valence-electron chi connectivity index (χ3n) is 6.64. The van der Waals surface area contributed by atoms with Crippen LogP contribution in [0, 0.1) is 23.3 Å². The van der Waals surface area contributed by atoms with Gasteiger partial charge in [-0.25, -0.2) is 17.6 Å². The van der Waals surface area contributed by atoms with E-state index < -0.39 is 23.3 Å². The first-order valence-corrected chi connectivity index (χ1v) is 12.1. The molecule has 4 rings (SSSR count). The summed E-state index contributed by atoms with van der Waals surface area (Å²) in [6.07, 6.45) is 8.31. The minimum absolute atomic E-state index is 0.135. The number of rotatable bonds is 9. The summed E-state index contributed by atoms with van der Waals surface area (Å²) in [6.45, 7) is 4.08. The lowest BCUT2D eigenvalue weighted by Gasteiger charge is -2.12. The van der Waals surface area contributed by atoms with Crippen molar-refractivity contribution >= 4 is 0 Å². The van der Waals surface area contributed by atoms with Crippen LogP contribution in [-0.2, 0) is 19.3 Å². The van der Waals surface area contributed by atoms with Gasteiger partial charge in [0, 0.05) is 16.7 Å². The average molecular weight is 455 g/mol. The zero-order chi connectivity index (χ0) is 23.5. The first-order chi connectivity index (χ1) is 16.0. The second-order valence-electron chi connectivity index (χ2n) is 9.07. The largest absolute Gasteiger partial charge is 0.203 e. The number of aryl methyl sites for hydroxylation is 2. The molecule has 0 amide bonds. The second kappa shape index (κ2) is 10.1. The summed E-state index contributed by atoms with van der Waals surface area (Å²) >= 11 is 0. The van der Waals surface area contributed by atoms with Crippen molar-refractivity contribution in [2.75, 3.05) is 0 Å². The van der Waals surface area contributed by atoms with Crippen molar-refractivity contribution in [2.24, 2.45) is 0 Å². The molecule has 0 saturated carbocycles. The van der Waals surface area contributed by atoms with Gasteiger partial charge >= 0.3 is 0 Å². The number of fused-ring (bicyclic) bond motifs is 3. The van der Waals surface area contributed by atoms with Crippen LogP contribution in [0.2, 0.25) is 0 Å². The molecule has 0 spiro atoms. The molecule has 3 aromatic rings. The van der Waals surface area contributed by atoms with Crippen molar-refractivity contribution in [1.82, 2.24) is 0 Å². The third kappa shape index (κ3) is 4.58. The van der Waals surface area contributed by atoms with Crippen LogP contribution in [0.4, 0.5) is 17.6 Å². The van der Waals surface area contributed by atoms with E-state index in [-0.39, 0.29) is 28.7 Å². The van der Waals surface area contributed by atoms with Crippen LogP contribution in [0.1, 0.15) is 74.6 Å². The number of unbranched alkanes of at least 4 members (excludes halogenated alkanes) is 4. The normalized spacial score (nSPS) is 12.2. The van der Waals surface area contributed by atoms with Crippen molar-refractivity contribution in [2.45, 2.75) is 71.6 Å². The fourth-order valence-electron chi connectivity index (χ4n) is 4.89. The summed E-state index contributed by atoms with van der Waals surface area (Å²) in [4.78, 5) is 0. The molecule has 0 atom stereocenters. The highest BCUT2D eigenvalue weighted by atomic mass is 19.2. The Labute approximate surface area is 193 Å². The van der Waals surface area contributed by atoms with Gasteiger partial charge in [-0.15, -0.1) is 0 Å². The maximum absolute atomic E-state index is 15.2. The molecular formula is C29H30F4. The topological polar surface area (TPSA) is 0 Å². The molecule has 0 N–H and O–H groups in total. The Morgan fingerprint density at radius 3 is 1.94 bits per heavy atom. The molecule has 0 heterocycles. The third-order valence-corrected chi connectivity index (χ3v) is 6.64. The molecule has 0 fully saturated rings. The molecule has 174 valence electrons. The Morgan fingerprint density at radius 2 is 1.27 bits per heavy atom. The fraction of sp³-hybridized carbons (Fsp3) is 0.379. The molecule has 0 radical (unpaired) electrons. The average Bonchev–Trinajstić information content (AvgIpc) is 3.18. The van der Waals surface area contributed by atoms with Crippen LogP contribution >= 0.6 is 0 Å². The predicted octanol–water partition coefficient (Wildman–Crippen LogP) is 8.95.